The maximum Gasteiger partial charge on any atom is 0.240 e. The monoisotopic (exact) mass is 200 g/mol. The van der Waals surface area contributed by atoms with Crippen LogP contribution in [0, 0.1) is 0 Å². The lowest BCUT2D eigenvalue weighted by atomic mass is 10.0. The van der Waals surface area contributed by atoms with Crippen molar-refractivity contribution in [2.24, 2.45) is 0 Å². The lowest BCUT2D eigenvalue weighted by molar-refractivity contribution is -0.127. The van der Waals surface area contributed by atoms with Crippen LogP contribution >= 0.6 is 0 Å². The van der Waals surface area contributed by atoms with Crippen molar-refractivity contribution in [2.45, 2.75) is 38.8 Å². The van der Waals surface area contributed by atoms with Gasteiger partial charge in [0.2, 0.25) is 5.91 Å². The third kappa shape index (κ3) is 2.96. The SMILES string of the molecule is CCNC(C)(C)C(=O)NC1CCOC1. The fourth-order valence-electron chi connectivity index (χ4n) is 1.54. The normalized spacial score (nSPS) is 22.4. The highest BCUT2D eigenvalue weighted by Gasteiger charge is 2.29. The average Bonchev–Trinajstić information content (AvgIpc) is 2.56. The fraction of sp³-hybridized carbons (Fsp3) is 0.900. The Morgan fingerprint density at radius 2 is 2.29 bits per heavy atom. The minimum Gasteiger partial charge on any atom is -0.379 e. The molecule has 0 saturated carbocycles. The first-order chi connectivity index (χ1) is 6.56. The maximum atomic E-state index is 11.8. The molecule has 0 spiro atoms. The molecule has 1 aliphatic rings. The lowest BCUT2D eigenvalue weighted by Crippen LogP contribution is -2.55. The van der Waals surface area contributed by atoms with E-state index >= 15 is 0 Å². The van der Waals surface area contributed by atoms with Gasteiger partial charge in [0.1, 0.15) is 0 Å². The molecule has 0 aromatic rings. The first-order valence-electron chi connectivity index (χ1n) is 5.20. The summed E-state index contributed by atoms with van der Waals surface area (Å²) in [5.74, 6) is 0.0508. The van der Waals surface area contributed by atoms with Gasteiger partial charge in [0.25, 0.3) is 0 Å². The van der Waals surface area contributed by atoms with Crippen LogP contribution in [0.3, 0.4) is 0 Å². The van der Waals surface area contributed by atoms with Gasteiger partial charge in [0.15, 0.2) is 0 Å². The molecule has 0 radical (unpaired) electrons. The molecule has 1 atom stereocenters. The molecule has 1 fully saturated rings. The summed E-state index contributed by atoms with van der Waals surface area (Å²) < 4.78 is 5.20. The summed E-state index contributed by atoms with van der Waals surface area (Å²) >= 11 is 0. The zero-order valence-electron chi connectivity index (χ0n) is 9.22. The van der Waals surface area contributed by atoms with Crippen LogP contribution in [0.5, 0.6) is 0 Å². The van der Waals surface area contributed by atoms with Gasteiger partial charge in [-0.25, -0.2) is 0 Å². The molecule has 0 aliphatic carbocycles. The summed E-state index contributed by atoms with van der Waals surface area (Å²) in [5.41, 5.74) is -0.489. The Kier molecular flexibility index (Phi) is 3.89. The van der Waals surface area contributed by atoms with Crippen molar-refractivity contribution in [1.29, 1.82) is 0 Å². The Bertz CT molecular complexity index is 198. The molecule has 4 heteroatoms. The second-order valence-electron chi connectivity index (χ2n) is 4.19. The van der Waals surface area contributed by atoms with E-state index in [9.17, 15) is 4.79 Å². The molecule has 1 rings (SSSR count). The second kappa shape index (κ2) is 4.75. The van der Waals surface area contributed by atoms with Gasteiger partial charge in [-0.05, 0) is 26.8 Å². The minimum absolute atomic E-state index is 0.0508. The maximum absolute atomic E-state index is 11.8. The molecule has 1 amide bonds. The van der Waals surface area contributed by atoms with Crippen molar-refractivity contribution in [2.75, 3.05) is 19.8 Å². The van der Waals surface area contributed by atoms with Crippen molar-refractivity contribution in [3.8, 4) is 0 Å². The lowest BCUT2D eigenvalue weighted by Gasteiger charge is -2.26. The number of nitrogens with one attached hydrogen (secondary N) is 2. The molecule has 0 aromatic heterocycles. The number of carbonyl (C=O) groups excluding carboxylic acids is 1. The van der Waals surface area contributed by atoms with Gasteiger partial charge in [-0.2, -0.15) is 0 Å². The molecule has 14 heavy (non-hydrogen) atoms. The molecule has 2 N–H and O–H groups in total. The molecule has 1 aliphatic heterocycles. The Morgan fingerprint density at radius 1 is 1.57 bits per heavy atom. The zero-order chi connectivity index (χ0) is 10.6. The van der Waals surface area contributed by atoms with Gasteiger partial charge < -0.3 is 15.4 Å². The zero-order valence-corrected chi connectivity index (χ0v) is 9.22. The van der Waals surface area contributed by atoms with Crippen LogP contribution in [0.15, 0.2) is 0 Å². The van der Waals surface area contributed by atoms with Crippen molar-refractivity contribution in [1.82, 2.24) is 10.6 Å². The summed E-state index contributed by atoms with van der Waals surface area (Å²) in [7, 11) is 0. The summed E-state index contributed by atoms with van der Waals surface area (Å²) in [6.07, 6.45) is 0.925. The highest BCUT2D eigenvalue weighted by atomic mass is 16.5. The largest absolute Gasteiger partial charge is 0.379 e. The summed E-state index contributed by atoms with van der Waals surface area (Å²) in [4.78, 5) is 11.8. The summed E-state index contributed by atoms with van der Waals surface area (Å²) in [6, 6.07) is 0.195. The van der Waals surface area contributed by atoms with Crippen LogP contribution in [-0.4, -0.2) is 37.2 Å². The molecular formula is C10H20N2O2. The molecule has 1 unspecified atom stereocenters. The van der Waals surface area contributed by atoms with E-state index in [-0.39, 0.29) is 11.9 Å². The number of hydrogen-bond donors (Lipinski definition) is 2. The Morgan fingerprint density at radius 3 is 2.79 bits per heavy atom. The van der Waals surface area contributed by atoms with E-state index < -0.39 is 5.54 Å². The highest BCUT2D eigenvalue weighted by Crippen LogP contribution is 2.07. The van der Waals surface area contributed by atoms with E-state index in [1.54, 1.807) is 0 Å². The molecular weight excluding hydrogens is 180 g/mol. The van der Waals surface area contributed by atoms with Crippen molar-refractivity contribution >= 4 is 5.91 Å². The predicted molar refractivity (Wildman–Crippen MR) is 55.1 cm³/mol. The van der Waals surface area contributed by atoms with E-state index in [1.807, 2.05) is 20.8 Å². The fourth-order valence-corrected chi connectivity index (χ4v) is 1.54. The van der Waals surface area contributed by atoms with Gasteiger partial charge in [-0.1, -0.05) is 6.92 Å². The highest BCUT2D eigenvalue weighted by molar-refractivity contribution is 5.85. The smallest absolute Gasteiger partial charge is 0.240 e. The number of likely N-dealkylation sites (N-methyl/N-ethyl adjacent to an activating group) is 1. The van der Waals surface area contributed by atoms with Crippen LogP contribution in [-0.2, 0) is 9.53 Å². The van der Waals surface area contributed by atoms with E-state index in [2.05, 4.69) is 10.6 Å². The minimum atomic E-state index is -0.489. The van der Waals surface area contributed by atoms with Gasteiger partial charge in [0.05, 0.1) is 18.2 Å². The number of ether oxygens (including phenoxy) is 1. The Labute approximate surface area is 85.4 Å². The van der Waals surface area contributed by atoms with E-state index in [0.717, 1.165) is 19.6 Å². The van der Waals surface area contributed by atoms with Crippen molar-refractivity contribution in [3.05, 3.63) is 0 Å². The summed E-state index contributed by atoms with van der Waals surface area (Å²) in [6.45, 7) is 7.97. The Hall–Kier alpha value is -0.610. The molecule has 1 heterocycles. The van der Waals surface area contributed by atoms with Crippen LogP contribution in [0.1, 0.15) is 27.2 Å². The topological polar surface area (TPSA) is 50.4 Å². The van der Waals surface area contributed by atoms with Gasteiger partial charge in [0, 0.05) is 6.61 Å². The number of rotatable bonds is 4. The van der Waals surface area contributed by atoms with Crippen molar-refractivity contribution < 1.29 is 9.53 Å². The summed E-state index contributed by atoms with van der Waals surface area (Å²) in [5, 5.41) is 6.12. The first kappa shape index (κ1) is 11.5. The molecule has 1 saturated heterocycles. The Balaban J connectivity index is 2.39. The first-order valence-corrected chi connectivity index (χ1v) is 5.20. The third-order valence-electron chi connectivity index (χ3n) is 2.45. The second-order valence-corrected chi connectivity index (χ2v) is 4.19. The van der Waals surface area contributed by atoms with Gasteiger partial charge in [-0.15, -0.1) is 0 Å². The van der Waals surface area contributed by atoms with Crippen LogP contribution < -0.4 is 10.6 Å². The standard InChI is InChI=1S/C10H20N2O2/c1-4-11-10(2,3)9(13)12-8-5-6-14-7-8/h8,11H,4-7H2,1-3H3,(H,12,13). The van der Waals surface area contributed by atoms with Gasteiger partial charge in [-0.3, -0.25) is 4.79 Å². The van der Waals surface area contributed by atoms with E-state index in [1.165, 1.54) is 0 Å². The molecule has 4 nitrogen and oxygen atoms in total. The quantitative estimate of drug-likeness (QED) is 0.685. The van der Waals surface area contributed by atoms with Crippen LogP contribution in [0.2, 0.25) is 0 Å². The molecule has 0 aromatic carbocycles. The molecule has 0 bridgehead atoms. The number of carbonyl (C=O) groups is 1. The predicted octanol–water partition coefficient (Wildman–Crippen LogP) is 0.280. The number of amides is 1. The van der Waals surface area contributed by atoms with Crippen LogP contribution in [0.25, 0.3) is 0 Å². The van der Waals surface area contributed by atoms with E-state index in [4.69, 9.17) is 4.74 Å². The number of hydrogen-bond acceptors (Lipinski definition) is 3. The van der Waals surface area contributed by atoms with Crippen molar-refractivity contribution in [3.63, 3.8) is 0 Å². The average molecular weight is 200 g/mol. The van der Waals surface area contributed by atoms with E-state index in [0.29, 0.717) is 6.61 Å². The molecule has 82 valence electrons. The third-order valence-corrected chi connectivity index (χ3v) is 2.45. The van der Waals surface area contributed by atoms with Crippen LogP contribution in [0.4, 0.5) is 0 Å². The van der Waals surface area contributed by atoms with Gasteiger partial charge >= 0.3 is 0 Å².